The minimum Gasteiger partial charge on any atom is -0.393 e. The Bertz CT molecular complexity index is 676. The Labute approximate surface area is 152 Å². The summed E-state index contributed by atoms with van der Waals surface area (Å²) in [5.41, 5.74) is 1.91. The van der Waals surface area contributed by atoms with E-state index in [0.717, 1.165) is 24.1 Å². The maximum absolute atomic E-state index is 12.7. The van der Waals surface area contributed by atoms with Crippen LogP contribution in [0.15, 0.2) is 34.3 Å². The van der Waals surface area contributed by atoms with Crippen LogP contribution in [0.3, 0.4) is 0 Å². The van der Waals surface area contributed by atoms with E-state index in [9.17, 15) is 8.42 Å². The van der Waals surface area contributed by atoms with Gasteiger partial charge in [-0.25, -0.2) is 8.42 Å². The highest BCUT2D eigenvalue weighted by atomic mass is 32.2. The predicted octanol–water partition coefficient (Wildman–Crippen LogP) is 4.12. The number of rotatable bonds is 8. The number of hydrogen-bond acceptors (Lipinski definition) is 4. The molecule has 2 rings (SSSR count). The summed E-state index contributed by atoms with van der Waals surface area (Å²) < 4.78 is 27.0. The van der Waals surface area contributed by atoms with Gasteiger partial charge >= 0.3 is 0 Å². The molecule has 1 aromatic carbocycles. The topological polar surface area (TPSA) is 59.0 Å². The van der Waals surface area contributed by atoms with Gasteiger partial charge in [-0.05, 0) is 44.4 Å². The highest BCUT2D eigenvalue weighted by Gasteiger charge is 2.28. The van der Waals surface area contributed by atoms with Crippen molar-refractivity contribution in [1.29, 1.82) is 0 Å². The zero-order chi connectivity index (χ0) is 18.3. The van der Waals surface area contributed by atoms with Gasteiger partial charge in [0.2, 0.25) is 10.0 Å². The second-order valence-electron chi connectivity index (χ2n) is 6.79. The summed E-state index contributed by atoms with van der Waals surface area (Å²) in [7, 11) is -3.42. The molecule has 140 valence electrons. The van der Waals surface area contributed by atoms with E-state index in [1.165, 1.54) is 12.8 Å². The molecule has 0 radical (unpaired) electrons. The SMILES string of the molecule is CCCCCC(C)ON=C1CCN(S(=O)(=O)c2cccc(C)c2)CC1. The van der Waals surface area contributed by atoms with Gasteiger partial charge in [0.15, 0.2) is 0 Å². The monoisotopic (exact) mass is 366 g/mol. The van der Waals surface area contributed by atoms with E-state index in [1.807, 2.05) is 19.9 Å². The molecule has 6 heteroatoms. The molecule has 1 atom stereocenters. The minimum atomic E-state index is -3.42. The number of benzene rings is 1. The lowest BCUT2D eigenvalue weighted by molar-refractivity contribution is 0.0630. The van der Waals surface area contributed by atoms with Crippen molar-refractivity contribution >= 4 is 15.7 Å². The van der Waals surface area contributed by atoms with Crippen molar-refractivity contribution in [2.75, 3.05) is 13.1 Å². The fourth-order valence-corrected chi connectivity index (χ4v) is 4.45. The van der Waals surface area contributed by atoms with E-state index in [0.29, 0.717) is 30.8 Å². The molecule has 1 aromatic rings. The van der Waals surface area contributed by atoms with E-state index >= 15 is 0 Å². The van der Waals surface area contributed by atoms with E-state index in [1.54, 1.807) is 22.5 Å². The van der Waals surface area contributed by atoms with Crippen LogP contribution in [0.5, 0.6) is 0 Å². The van der Waals surface area contributed by atoms with Crippen molar-refractivity contribution in [3.63, 3.8) is 0 Å². The van der Waals surface area contributed by atoms with Crippen LogP contribution in [0.25, 0.3) is 0 Å². The summed E-state index contributed by atoms with van der Waals surface area (Å²) in [6.45, 7) is 7.05. The largest absolute Gasteiger partial charge is 0.393 e. The van der Waals surface area contributed by atoms with E-state index in [2.05, 4.69) is 12.1 Å². The van der Waals surface area contributed by atoms with Crippen molar-refractivity contribution < 1.29 is 13.3 Å². The van der Waals surface area contributed by atoms with Crippen LogP contribution in [0.1, 0.15) is 57.9 Å². The molecule has 25 heavy (non-hydrogen) atoms. The Morgan fingerprint density at radius 3 is 2.60 bits per heavy atom. The van der Waals surface area contributed by atoms with Gasteiger partial charge in [-0.3, -0.25) is 0 Å². The second-order valence-corrected chi connectivity index (χ2v) is 8.73. The molecule has 0 spiro atoms. The molecule has 1 aliphatic heterocycles. The average Bonchev–Trinajstić information content (AvgIpc) is 2.60. The third kappa shape index (κ3) is 5.82. The zero-order valence-corrected chi connectivity index (χ0v) is 16.4. The molecule has 0 N–H and O–H groups in total. The lowest BCUT2D eigenvalue weighted by Gasteiger charge is -2.27. The Hall–Kier alpha value is -1.40. The predicted molar refractivity (Wildman–Crippen MR) is 101 cm³/mol. The lowest BCUT2D eigenvalue weighted by atomic mass is 10.1. The number of hydrogen-bond donors (Lipinski definition) is 0. The first-order valence-electron chi connectivity index (χ1n) is 9.22. The fraction of sp³-hybridized carbons (Fsp3) is 0.632. The number of sulfonamides is 1. The molecular formula is C19H30N2O3S. The lowest BCUT2D eigenvalue weighted by Crippen LogP contribution is -2.38. The number of oxime groups is 1. The quantitative estimate of drug-likeness (QED) is 0.513. The third-order valence-corrected chi connectivity index (χ3v) is 6.40. The highest BCUT2D eigenvalue weighted by molar-refractivity contribution is 7.89. The molecule has 1 heterocycles. The third-order valence-electron chi connectivity index (χ3n) is 4.50. The summed E-state index contributed by atoms with van der Waals surface area (Å²) in [5.74, 6) is 0. The number of aryl methyl sites for hydroxylation is 1. The summed E-state index contributed by atoms with van der Waals surface area (Å²) in [6, 6.07) is 7.07. The summed E-state index contributed by atoms with van der Waals surface area (Å²) in [5, 5.41) is 4.26. The molecule has 0 aliphatic carbocycles. The van der Waals surface area contributed by atoms with Crippen LogP contribution in [-0.4, -0.2) is 37.6 Å². The van der Waals surface area contributed by atoms with Crippen molar-refractivity contribution in [2.24, 2.45) is 5.16 Å². The van der Waals surface area contributed by atoms with Gasteiger partial charge in [0.25, 0.3) is 0 Å². The van der Waals surface area contributed by atoms with Gasteiger partial charge in [-0.1, -0.05) is 37.1 Å². The van der Waals surface area contributed by atoms with Crippen LogP contribution in [0.2, 0.25) is 0 Å². The van der Waals surface area contributed by atoms with E-state index in [4.69, 9.17) is 4.84 Å². The Morgan fingerprint density at radius 1 is 1.24 bits per heavy atom. The van der Waals surface area contributed by atoms with Crippen LogP contribution >= 0.6 is 0 Å². The maximum atomic E-state index is 12.7. The van der Waals surface area contributed by atoms with Crippen LogP contribution in [0.4, 0.5) is 0 Å². The summed E-state index contributed by atoms with van der Waals surface area (Å²) in [4.78, 5) is 5.94. The van der Waals surface area contributed by atoms with Crippen LogP contribution in [-0.2, 0) is 14.9 Å². The van der Waals surface area contributed by atoms with E-state index < -0.39 is 10.0 Å². The fourth-order valence-electron chi connectivity index (χ4n) is 2.90. The van der Waals surface area contributed by atoms with Crippen molar-refractivity contribution in [3.8, 4) is 0 Å². The molecule has 0 saturated carbocycles. The van der Waals surface area contributed by atoms with Crippen molar-refractivity contribution in [1.82, 2.24) is 4.31 Å². The first-order chi connectivity index (χ1) is 11.9. The number of piperidine rings is 1. The molecule has 1 aliphatic rings. The Morgan fingerprint density at radius 2 is 1.96 bits per heavy atom. The first-order valence-corrected chi connectivity index (χ1v) is 10.7. The van der Waals surface area contributed by atoms with Gasteiger partial charge < -0.3 is 4.84 Å². The first kappa shape index (κ1) is 19.9. The normalized spacial score (nSPS) is 17.3. The molecule has 1 saturated heterocycles. The molecule has 1 unspecified atom stereocenters. The number of nitrogens with zero attached hydrogens (tertiary/aromatic N) is 2. The van der Waals surface area contributed by atoms with Gasteiger partial charge in [0, 0.05) is 25.9 Å². The van der Waals surface area contributed by atoms with Gasteiger partial charge in [0.05, 0.1) is 10.6 Å². The summed E-state index contributed by atoms with van der Waals surface area (Å²) in [6.07, 6.45) is 5.97. The van der Waals surface area contributed by atoms with E-state index in [-0.39, 0.29) is 6.10 Å². The van der Waals surface area contributed by atoms with Gasteiger partial charge in [-0.15, -0.1) is 0 Å². The molecular weight excluding hydrogens is 336 g/mol. The Kier molecular flexibility index (Phi) is 7.44. The van der Waals surface area contributed by atoms with Crippen molar-refractivity contribution in [3.05, 3.63) is 29.8 Å². The zero-order valence-electron chi connectivity index (χ0n) is 15.6. The molecule has 0 amide bonds. The highest BCUT2D eigenvalue weighted by Crippen LogP contribution is 2.21. The van der Waals surface area contributed by atoms with Crippen LogP contribution < -0.4 is 0 Å². The standard InChI is InChI=1S/C19H30N2O3S/c1-4-5-6-9-17(3)24-20-18-11-13-21(14-12-18)25(22,23)19-10-7-8-16(2)15-19/h7-8,10,15,17H,4-6,9,11-14H2,1-3H3. The Balaban J connectivity index is 1.87. The van der Waals surface area contributed by atoms with Gasteiger partial charge in [0.1, 0.15) is 6.10 Å². The van der Waals surface area contributed by atoms with Crippen molar-refractivity contribution in [2.45, 2.75) is 70.3 Å². The molecule has 1 fully saturated rings. The average molecular weight is 367 g/mol. The molecule has 0 aromatic heterocycles. The molecule has 0 bridgehead atoms. The van der Waals surface area contributed by atoms with Crippen LogP contribution in [0, 0.1) is 6.92 Å². The van der Waals surface area contributed by atoms with Gasteiger partial charge in [-0.2, -0.15) is 4.31 Å². The maximum Gasteiger partial charge on any atom is 0.243 e. The molecule has 5 nitrogen and oxygen atoms in total. The minimum absolute atomic E-state index is 0.119. The number of unbranched alkanes of at least 4 members (excludes halogenated alkanes) is 2. The smallest absolute Gasteiger partial charge is 0.243 e. The summed E-state index contributed by atoms with van der Waals surface area (Å²) >= 11 is 0. The second kappa shape index (κ2) is 9.34.